The normalized spacial score (nSPS) is 14.1. The van der Waals surface area contributed by atoms with Crippen LogP contribution in [-0.4, -0.2) is 26.6 Å². The van der Waals surface area contributed by atoms with Gasteiger partial charge in [-0.05, 0) is 49.4 Å². The highest BCUT2D eigenvalue weighted by Gasteiger charge is 2.22. The van der Waals surface area contributed by atoms with Gasteiger partial charge in [0.15, 0.2) is 18.1 Å². The summed E-state index contributed by atoms with van der Waals surface area (Å²) in [4.78, 5) is 14.6. The summed E-state index contributed by atoms with van der Waals surface area (Å²) in [6, 6.07) is 7.07. The first kappa shape index (κ1) is 19.3. The van der Waals surface area contributed by atoms with Gasteiger partial charge in [-0.2, -0.15) is 5.26 Å². The Balaban J connectivity index is 1.62. The summed E-state index contributed by atoms with van der Waals surface area (Å²) in [6.45, 7) is 0.751. The van der Waals surface area contributed by atoms with E-state index in [0.717, 1.165) is 41.7 Å². The van der Waals surface area contributed by atoms with E-state index in [1.165, 1.54) is 29.4 Å². The third-order valence-electron chi connectivity index (χ3n) is 4.72. The number of ether oxygens (including phenoxy) is 1. The fourth-order valence-corrected chi connectivity index (χ4v) is 4.70. The molecule has 1 aliphatic rings. The number of nitrogens with one attached hydrogen (secondary N) is 2. The van der Waals surface area contributed by atoms with Gasteiger partial charge in [-0.1, -0.05) is 0 Å². The molecule has 2 aromatic rings. The Hall–Kier alpha value is -2.43. The smallest absolute Gasteiger partial charge is 0.280 e. The van der Waals surface area contributed by atoms with Crippen molar-refractivity contribution in [2.45, 2.75) is 32.2 Å². The molecule has 0 bridgehead atoms. The zero-order valence-corrected chi connectivity index (χ0v) is 16.3. The minimum atomic E-state index is -0.407. The van der Waals surface area contributed by atoms with Gasteiger partial charge in [0.1, 0.15) is 17.6 Å². The van der Waals surface area contributed by atoms with E-state index in [0.29, 0.717) is 17.1 Å². The van der Waals surface area contributed by atoms with Gasteiger partial charge in [0.05, 0.1) is 19.7 Å². The topological polar surface area (TPSA) is 66.6 Å². The number of rotatable bonds is 6. The second-order valence-electron chi connectivity index (χ2n) is 6.85. The maximum Gasteiger partial charge on any atom is 0.280 e. The van der Waals surface area contributed by atoms with Crippen molar-refractivity contribution in [3.8, 4) is 11.8 Å². The van der Waals surface area contributed by atoms with Crippen molar-refractivity contribution in [2.24, 2.45) is 0 Å². The number of nitriles is 1. The number of methoxy groups -OCH3 is 1. The molecule has 0 radical (unpaired) electrons. The van der Waals surface area contributed by atoms with Crippen molar-refractivity contribution >= 4 is 22.2 Å². The molecular weight excluding hydrogens is 365 g/mol. The lowest BCUT2D eigenvalue weighted by Crippen LogP contribution is -3.08. The number of fused-ring (bicyclic) bond motifs is 1. The highest BCUT2D eigenvalue weighted by molar-refractivity contribution is 7.16. The van der Waals surface area contributed by atoms with Gasteiger partial charge < -0.3 is 15.0 Å². The molecule has 0 saturated heterocycles. The van der Waals surface area contributed by atoms with Gasteiger partial charge in [-0.25, -0.2) is 4.39 Å². The Morgan fingerprint density at radius 2 is 2.19 bits per heavy atom. The Kier molecular flexibility index (Phi) is 6.09. The van der Waals surface area contributed by atoms with E-state index in [-0.39, 0.29) is 18.2 Å². The number of carbonyl (C=O) groups is 1. The summed E-state index contributed by atoms with van der Waals surface area (Å²) in [5.74, 6) is -0.341. The number of benzene rings is 1. The quantitative estimate of drug-likeness (QED) is 0.798. The number of hydrogen-bond donors (Lipinski definition) is 2. The first-order valence-electron chi connectivity index (χ1n) is 9.00. The Bertz CT molecular complexity index is 888. The first-order valence-corrected chi connectivity index (χ1v) is 9.81. The number of likely N-dealkylation sites (N-methyl/N-ethyl adjacent to an activating group) is 1. The van der Waals surface area contributed by atoms with E-state index in [1.807, 2.05) is 7.05 Å². The van der Waals surface area contributed by atoms with Crippen molar-refractivity contribution < 1.29 is 18.8 Å². The lowest BCUT2D eigenvalue weighted by atomic mass is 9.96. The molecule has 0 spiro atoms. The standard InChI is InChI=1S/C20H22FN3O2S/c1-24(11-13-7-8-17(26-2)16(21)9-13)12-19(25)23-20-15(10-22)14-5-3-4-6-18(14)27-20/h7-9H,3-6,11-12H2,1-2H3,(H,23,25)/p+1. The van der Waals surface area contributed by atoms with Crippen molar-refractivity contribution in [2.75, 3.05) is 26.0 Å². The maximum absolute atomic E-state index is 13.8. The Morgan fingerprint density at radius 3 is 2.89 bits per heavy atom. The summed E-state index contributed by atoms with van der Waals surface area (Å²) in [5, 5.41) is 13.0. The molecule has 1 aliphatic carbocycles. The predicted molar refractivity (Wildman–Crippen MR) is 103 cm³/mol. The Labute approximate surface area is 162 Å². The van der Waals surface area contributed by atoms with Crippen LogP contribution in [0, 0.1) is 17.1 Å². The van der Waals surface area contributed by atoms with Gasteiger partial charge in [-0.15, -0.1) is 11.3 Å². The van der Waals surface area contributed by atoms with Crippen LogP contribution in [0.2, 0.25) is 0 Å². The zero-order chi connectivity index (χ0) is 19.4. The number of carbonyl (C=O) groups excluding carboxylic acids is 1. The molecule has 1 atom stereocenters. The molecule has 3 rings (SSSR count). The number of thiophene rings is 1. The maximum atomic E-state index is 13.8. The van der Waals surface area contributed by atoms with Crippen LogP contribution in [-0.2, 0) is 24.2 Å². The van der Waals surface area contributed by atoms with Gasteiger partial charge in [0, 0.05) is 10.4 Å². The molecule has 0 fully saturated rings. The minimum absolute atomic E-state index is 0.142. The molecule has 7 heteroatoms. The molecule has 0 aliphatic heterocycles. The molecule has 1 amide bonds. The third kappa shape index (κ3) is 4.46. The molecule has 0 saturated carbocycles. The molecule has 142 valence electrons. The van der Waals surface area contributed by atoms with Gasteiger partial charge in [-0.3, -0.25) is 4.79 Å². The average molecular weight is 388 g/mol. The first-order chi connectivity index (χ1) is 13.0. The number of hydrogen-bond acceptors (Lipinski definition) is 4. The van der Waals surface area contributed by atoms with Crippen LogP contribution in [0.25, 0.3) is 0 Å². The second-order valence-corrected chi connectivity index (χ2v) is 7.96. The van der Waals surface area contributed by atoms with Crippen molar-refractivity contribution in [3.63, 3.8) is 0 Å². The molecule has 2 N–H and O–H groups in total. The summed E-state index contributed by atoms with van der Waals surface area (Å²) < 4.78 is 18.7. The number of nitrogens with zero attached hydrogens (tertiary/aromatic N) is 1. The summed E-state index contributed by atoms with van der Waals surface area (Å²) in [5.41, 5.74) is 2.53. The summed E-state index contributed by atoms with van der Waals surface area (Å²) in [6.07, 6.45) is 4.13. The fraction of sp³-hybridized carbons (Fsp3) is 0.400. The fourth-order valence-electron chi connectivity index (χ4n) is 3.45. The highest BCUT2D eigenvalue weighted by atomic mass is 32.1. The van der Waals surface area contributed by atoms with Crippen molar-refractivity contribution in [3.05, 3.63) is 45.6 Å². The Morgan fingerprint density at radius 1 is 1.41 bits per heavy atom. The second kappa shape index (κ2) is 8.51. The zero-order valence-electron chi connectivity index (χ0n) is 15.5. The summed E-state index contributed by atoms with van der Waals surface area (Å²) in [7, 11) is 3.31. The van der Waals surface area contributed by atoms with Crippen LogP contribution in [0.1, 0.15) is 34.4 Å². The van der Waals surface area contributed by atoms with E-state index in [2.05, 4.69) is 11.4 Å². The average Bonchev–Trinajstić information content (AvgIpc) is 2.98. The van der Waals surface area contributed by atoms with Crippen LogP contribution < -0.4 is 15.0 Å². The molecule has 1 aromatic heterocycles. The predicted octanol–water partition coefficient (Wildman–Crippen LogP) is 2.30. The largest absolute Gasteiger partial charge is 0.494 e. The molecule has 27 heavy (non-hydrogen) atoms. The van der Waals surface area contributed by atoms with E-state index >= 15 is 0 Å². The van der Waals surface area contributed by atoms with Crippen LogP contribution in [0.4, 0.5) is 9.39 Å². The minimum Gasteiger partial charge on any atom is -0.494 e. The van der Waals surface area contributed by atoms with Crippen LogP contribution in [0.15, 0.2) is 18.2 Å². The molecule has 1 heterocycles. The summed E-state index contributed by atoms with van der Waals surface area (Å²) >= 11 is 1.52. The van der Waals surface area contributed by atoms with Crippen LogP contribution in [0.3, 0.4) is 0 Å². The third-order valence-corrected chi connectivity index (χ3v) is 5.93. The van der Waals surface area contributed by atoms with Crippen molar-refractivity contribution in [1.82, 2.24) is 0 Å². The van der Waals surface area contributed by atoms with E-state index in [4.69, 9.17) is 4.74 Å². The van der Waals surface area contributed by atoms with Gasteiger partial charge in [0.25, 0.3) is 5.91 Å². The molecule has 5 nitrogen and oxygen atoms in total. The molecular formula is C20H23FN3O2S+. The van der Waals surface area contributed by atoms with Gasteiger partial charge >= 0.3 is 0 Å². The van der Waals surface area contributed by atoms with Crippen LogP contribution >= 0.6 is 11.3 Å². The molecule has 1 aromatic carbocycles. The highest BCUT2D eigenvalue weighted by Crippen LogP contribution is 2.37. The number of anilines is 1. The van der Waals surface area contributed by atoms with Crippen molar-refractivity contribution in [1.29, 1.82) is 5.26 Å². The SMILES string of the molecule is COc1ccc(C[NH+](C)CC(=O)Nc2sc3c(c2C#N)CCCC3)cc1F. The lowest BCUT2D eigenvalue weighted by Gasteiger charge is -2.14. The van der Waals surface area contributed by atoms with E-state index in [1.54, 1.807) is 12.1 Å². The molecule has 1 unspecified atom stereocenters. The number of halogens is 1. The van der Waals surface area contributed by atoms with E-state index in [9.17, 15) is 14.4 Å². The number of aryl methyl sites for hydroxylation is 1. The number of quaternary nitrogens is 1. The lowest BCUT2D eigenvalue weighted by molar-refractivity contribution is -0.885. The monoisotopic (exact) mass is 388 g/mol. The van der Waals surface area contributed by atoms with Gasteiger partial charge in [0.2, 0.25) is 0 Å². The number of amides is 1. The van der Waals surface area contributed by atoms with Crippen LogP contribution in [0.5, 0.6) is 5.75 Å². The van der Waals surface area contributed by atoms with E-state index < -0.39 is 5.82 Å².